The van der Waals surface area contributed by atoms with Crippen molar-refractivity contribution in [1.29, 1.82) is 0 Å². The summed E-state index contributed by atoms with van der Waals surface area (Å²) in [5.74, 6) is 1.35. The van der Waals surface area contributed by atoms with Crippen LogP contribution in [0.1, 0.15) is 34.3 Å². The number of hydrogen-bond donors (Lipinski definition) is 3. The molecule has 0 radical (unpaired) electrons. The minimum Gasteiger partial charge on any atom is -0.453 e. The lowest BCUT2D eigenvalue weighted by Gasteiger charge is -2.41. The normalized spacial score (nSPS) is 21.6. The number of nitrogens with one attached hydrogen (secondary N) is 3. The van der Waals surface area contributed by atoms with E-state index in [2.05, 4.69) is 15.6 Å². The zero-order valence-corrected chi connectivity index (χ0v) is 27.0. The van der Waals surface area contributed by atoms with Gasteiger partial charge in [0.1, 0.15) is 21.4 Å². The highest BCUT2D eigenvalue weighted by Gasteiger charge is 2.45. The number of carbonyl (C=O) groups excluding carboxylic acids is 1. The molecule has 15 heteroatoms. The number of aliphatic imine (C=N–C) groups is 1. The number of ether oxygens (including phenoxy) is 3. The molecule has 4 heterocycles. The second kappa shape index (κ2) is 13.0. The lowest BCUT2D eigenvalue weighted by molar-refractivity contribution is -0.0525. The Balaban J connectivity index is 1.28. The highest BCUT2D eigenvalue weighted by Crippen LogP contribution is 2.45. The van der Waals surface area contributed by atoms with Crippen LogP contribution in [-0.4, -0.2) is 69.0 Å². The molecule has 4 aromatic rings. The van der Waals surface area contributed by atoms with Gasteiger partial charge >= 0.3 is 0 Å². The highest BCUT2D eigenvalue weighted by atomic mass is 35.5. The number of para-hydroxylation sites is 1. The number of H-pyrrole nitrogens is 1. The van der Waals surface area contributed by atoms with Crippen molar-refractivity contribution in [3.8, 4) is 11.5 Å². The van der Waals surface area contributed by atoms with E-state index in [1.54, 1.807) is 36.5 Å². The average molecular weight is 696 g/mol. The molecule has 0 aliphatic carbocycles. The Bertz CT molecular complexity index is 1870. The van der Waals surface area contributed by atoms with E-state index in [1.807, 2.05) is 12.1 Å². The van der Waals surface area contributed by atoms with Gasteiger partial charge in [0.25, 0.3) is 0 Å². The number of furan rings is 1. The fourth-order valence-corrected chi connectivity index (χ4v) is 6.71. The molecule has 238 valence electrons. The van der Waals surface area contributed by atoms with Gasteiger partial charge in [-0.15, -0.1) is 0 Å². The van der Waals surface area contributed by atoms with Gasteiger partial charge in [-0.2, -0.15) is 0 Å². The van der Waals surface area contributed by atoms with Crippen LogP contribution in [-0.2, 0) is 25.0 Å². The lowest BCUT2D eigenvalue weighted by Crippen LogP contribution is -2.53. The van der Waals surface area contributed by atoms with E-state index in [0.717, 1.165) is 11.7 Å². The Labute approximate surface area is 274 Å². The van der Waals surface area contributed by atoms with Crippen LogP contribution in [0, 0.1) is 0 Å². The van der Waals surface area contributed by atoms with Crippen LogP contribution in [0.5, 0.6) is 11.5 Å². The molecular formula is C30H29Cl3N4O7S. The minimum absolute atomic E-state index is 0.0469. The number of sulfone groups is 1. The van der Waals surface area contributed by atoms with Crippen molar-refractivity contribution in [2.75, 3.05) is 37.1 Å². The maximum absolute atomic E-state index is 12.2. The van der Waals surface area contributed by atoms with Gasteiger partial charge in [0.15, 0.2) is 33.8 Å². The number of anilines is 1. The molecule has 6 rings (SSSR count). The van der Waals surface area contributed by atoms with Gasteiger partial charge in [0.2, 0.25) is 0 Å². The summed E-state index contributed by atoms with van der Waals surface area (Å²) in [5, 5.41) is 8.00. The summed E-state index contributed by atoms with van der Waals surface area (Å²) in [4.78, 5) is 20.1. The molecule has 45 heavy (non-hydrogen) atoms. The molecule has 0 bridgehead atoms. The number of rotatable bonds is 11. The molecule has 11 nitrogen and oxygen atoms in total. The van der Waals surface area contributed by atoms with Crippen LogP contribution in [0.25, 0.3) is 11.0 Å². The summed E-state index contributed by atoms with van der Waals surface area (Å²) < 4.78 is 46.1. The van der Waals surface area contributed by atoms with Crippen molar-refractivity contribution in [1.82, 2.24) is 10.3 Å². The second-order valence-corrected chi connectivity index (χ2v) is 14.3. The Morgan fingerprint density at radius 2 is 2.02 bits per heavy atom. The van der Waals surface area contributed by atoms with Crippen molar-refractivity contribution in [3.05, 3.63) is 75.6 Å². The predicted molar refractivity (Wildman–Crippen MR) is 173 cm³/mol. The SMILES string of the molecule is CS(=O)(=O)CCOC[C@@H]1CC[C@@H](NC2(c3ccc(Oc4cccc5cc(Cl)oc45)cc3Cl)N=C(Cl)Nc3[nH]cc(C=O)c32)CO1. The molecule has 0 saturated carbocycles. The number of carbonyl (C=O) groups is 1. The van der Waals surface area contributed by atoms with E-state index in [0.29, 0.717) is 64.1 Å². The summed E-state index contributed by atoms with van der Waals surface area (Å²) in [7, 11) is -3.10. The van der Waals surface area contributed by atoms with Crippen LogP contribution < -0.4 is 15.4 Å². The van der Waals surface area contributed by atoms with E-state index in [4.69, 9.17) is 58.4 Å². The Morgan fingerprint density at radius 3 is 2.76 bits per heavy atom. The standard InChI is InChI=1S/C30H29Cl3N4O7S/c1-45(39,40)10-9-41-16-21-6-5-19(15-42-21)36-30(26-18(14-38)13-34-28(26)35-29(33)37-30)22-8-7-20(12-23(22)31)43-24-4-2-3-17-11-25(32)44-27(17)24/h2-4,7-8,11-14,19,21,34,36H,5-6,9-10,15-16H2,1H3,(H,35,37)/t19-,21+,30?/m1/s1. The molecule has 3 N–H and O–H groups in total. The number of aromatic nitrogens is 1. The third kappa shape index (κ3) is 6.87. The maximum atomic E-state index is 12.2. The number of fused-ring (bicyclic) bond motifs is 2. The molecular weight excluding hydrogens is 667 g/mol. The van der Waals surface area contributed by atoms with Gasteiger partial charge in [-0.1, -0.05) is 23.7 Å². The number of nitrogens with zero attached hydrogens (tertiary/aromatic N) is 1. The number of aromatic amines is 1. The Hall–Kier alpha value is -3.10. The molecule has 2 aliphatic rings. The van der Waals surface area contributed by atoms with Gasteiger partial charge in [0, 0.05) is 41.1 Å². The second-order valence-electron chi connectivity index (χ2n) is 10.9. The summed E-state index contributed by atoms with van der Waals surface area (Å²) in [6.45, 7) is 0.688. The number of amidine groups is 1. The van der Waals surface area contributed by atoms with Crippen molar-refractivity contribution in [2.24, 2.45) is 4.99 Å². The maximum Gasteiger partial charge on any atom is 0.199 e. The Morgan fingerprint density at radius 1 is 1.18 bits per heavy atom. The van der Waals surface area contributed by atoms with Crippen LogP contribution in [0.3, 0.4) is 0 Å². The van der Waals surface area contributed by atoms with E-state index >= 15 is 0 Å². The monoisotopic (exact) mass is 694 g/mol. The molecule has 2 aromatic carbocycles. The van der Waals surface area contributed by atoms with E-state index in [1.165, 1.54) is 6.26 Å². The largest absolute Gasteiger partial charge is 0.453 e. The molecule has 0 amide bonds. The van der Waals surface area contributed by atoms with Crippen molar-refractivity contribution in [2.45, 2.75) is 30.7 Å². The topological polar surface area (TPSA) is 144 Å². The highest BCUT2D eigenvalue weighted by molar-refractivity contribution is 7.90. The average Bonchev–Trinajstić information content (AvgIpc) is 3.59. The fraction of sp³-hybridized carbons (Fsp3) is 0.333. The smallest absolute Gasteiger partial charge is 0.199 e. The Kier molecular flexibility index (Phi) is 9.17. The van der Waals surface area contributed by atoms with Crippen LogP contribution in [0.15, 0.2) is 58.1 Å². The van der Waals surface area contributed by atoms with E-state index < -0.39 is 15.5 Å². The number of benzene rings is 2. The van der Waals surface area contributed by atoms with E-state index in [-0.39, 0.29) is 41.6 Å². The minimum atomic E-state index is -3.10. The van der Waals surface area contributed by atoms with Gasteiger partial charge in [0.05, 0.1) is 42.3 Å². The van der Waals surface area contributed by atoms with Crippen molar-refractivity contribution < 1.29 is 31.8 Å². The van der Waals surface area contributed by atoms with Gasteiger partial charge in [-0.3, -0.25) is 10.1 Å². The number of halogens is 3. The lowest BCUT2D eigenvalue weighted by atomic mass is 9.87. The zero-order chi connectivity index (χ0) is 31.8. The van der Waals surface area contributed by atoms with Gasteiger partial charge in [-0.05, 0) is 60.3 Å². The van der Waals surface area contributed by atoms with Crippen LogP contribution in [0.2, 0.25) is 10.2 Å². The quantitative estimate of drug-likeness (QED) is 0.0964. The molecule has 0 spiro atoms. The summed E-state index contributed by atoms with van der Waals surface area (Å²) in [6, 6.07) is 12.1. The van der Waals surface area contributed by atoms with Crippen LogP contribution >= 0.6 is 34.8 Å². The number of hydrogen-bond acceptors (Lipinski definition) is 10. The van der Waals surface area contributed by atoms with Crippen molar-refractivity contribution in [3.63, 3.8) is 0 Å². The van der Waals surface area contributed by atoms with Crippen LogP contribution in [0.4, 0.5) is 5.82 Å². The predicted octanol–water partition coefficient (Wildman–Crippen LogP) is 6.09. The molecule has 2 aromatic heterocycles. The number of aldehydes is 1. The third-order valence-electron chi connectivity index (χ3n) is 7.61. The first-order chi connectivity index (χ1) is 21.5. The van der Waals surface area contributed by atoms with Crippen molar-refractivity contribution >= 4 is 73.0 Å². The molecule has 1 unspecified atom stereocenters. The molecule has 1 fully saturated rings. The summed E-state index contributed by atoms with van der Waals surface area (Å²) in [5.41, 5.74) is 0.554. The molecule has 2 aliphatic heterocycles. The molecule has 3 atom stereocenters. The van der Waals surface area contributed by atoms with Gasteiger partial charge in [-0.25, -0.2) is 13.4 Å². The van der Waals surface area contributed by atoms with E-state index in [9.17, 15) is 13.2 Å². The summed E-state index contributed by atoms with van der Waals surface area (Å²) >= 11 is 19.6. The summed E-state index contributed by atoms with van der Waals surface area (Å²) in [6.07, 6.45) is 4.61. The first-order valence-corrected chi connectivity index (χ1v) is 17.2. The fourth-order valence-electron chi connectivity index (χ4n) is 5.57. The first kappa shape index (κ1) is 31.9. The third-order valence-corrected chi connectivity index (χ3v) is 9.20. The first-order valence-electron chi connectivity index (χ1n) is 14.0. The van der Waals surface area contributed by atoms with Gasteiger partial charge < -0.3 is 28.9 Å². The zero-order valence-electron chi connectivity index (χ0n) is 23.9. The molecule has 1 saturated heterocycles.